The molecule has 0 saturated heterocycles. The van der Waals surface area contributed by atoms with Gasteiger partial charge in [0.15, 0.2) is 0 Å². The van der Waals surface area contributed by atoms with E-state index in [-0.39, 0.29) is 5.41 Å². The average Bonchev–Trinajstić information content (AvgIpc) is 2.63. The smallest absolute Gasteiger partial charge is 0.303 e. The van der Waals surface area contributed by atoms with E-state index in [1.165, 1.54) is 25.7 Å². The van der Waals surface area contributed by atoms with E-state index in [2.05, 4.69) is 6.92 Å². The molecule has 3 heteroatoms. The van der Waals surface area contributed by atoms with Gasteiger partial charge in [-0.2, -0.15) is 0 Å². The Morgan fingerprint density at radius 3 is 2.38 bits per heavy atom. The van der Waals surface area contributed by atoms with Crippen LogP contribution in [-0.4, -0.2) is 17.6 Å². The van der Waals surface area contributed by atoms with Crippen LogP contribution in [0.3, 0.4) is 0 Å². The minimum Gasteiger partial charge on any atom is -0.481 e. The van der Waals surface area contributed by atoms with Crippen LogP contribution < -0.4 is 5.73 Å². The van der Waals surface area contributed by atoms with Gasteiger partial charge in [-0.25, -0.2) is 0 Å². The zero-order chi connectivity index (χ0) is 11.6. The van der Waals surface area contributed by atoms with E-state index in [0.29, 0.717) is 30.2 Å². The van der Waals surface area contributed by atoms with E-state index in [9.17, 15) is 4.79 Å². The molecule has 0 radical (unpaired) electrons. The summed E-state index contributed by atoms with van der Waals surface area (Å²) in [5.41, 5.74) is 6.41. The molecule has 3 fully saturated rings. The number of hydrogen-bond acceptors (Lipinski definition) is 2. The third-order valence-corrected chi connectivity index (χ3v) is 6.06. The Morgan fingerprint density at radius 2 is 1.94 bits per heavy atom. The Kier molecular flexibility index (Phi) is 1.99. The highest BCUT2D eigenvalue weighted by Gasteiger charge is 2.71. The molecular weight excluding hydrogens is 202 g/mol. The monoisotopic (exact) mass is 223 g/mol. The molecule has 5 atom stereocenters. The lowest BCUT2D eigenvalue weighted by Gasteiger charge is -2.58. The van der Waals surface area contributed by atoms with Crippen molar-refractivity contribution in [2.75, 3.05) is 6.54 Å². The molecule has 3 N–H and O–H groups in total. The van der Waals surface area contributed by atoms with Crippen molar-refractivity contribution in [3.63, 3.8) is 0 Å². The fraction of sp³-hybridized carbons (Fsp3) is 0.923. The molecule has 0 spiro atoms. The molecule has 3 saturated carbocycles. The Hall–Kier alpha value is -0.570. The van der Waals surface area contributed by atoms with Gasteiger partial charge >= 0.3 is 5.97 Å². The summed E-state index contributed by atoms with van der Waals surface area (Å²) in [6.07, 6.45) is 5.30. The molecule has 3 aliphatic carbocycles. The van der Waals surface area contributed by atoms with Gasteiger partial charge in [-0.1, -0.05) is 6.92 Å². The van der Waals surface area contributed by atoms with Crippen molar-refractivity contribution in [1.82, 2.24) is 0 Å². The average molecular weight is 223 g/mol. The maximum absolute atomic E-state index is 11.1. The van der Waals surface area contributed by atoms with Crippen LogP contribution in [0.1, 0.15) is 39.0 Å². The van der Waals surface area contributed by atoms with Gasteiger partial charge in [0.25, 0.3) is 0 Å². The molecule has 0 aromatic rings. The number of carboxylic acids is 1. The Labute approximate surface area is 96.4 Å². The van der Waals surface area contributed by atoms with Crippen molar-refractivity contribution in [2.24, 2.45) is 34.3 Å². The van der Waals surface area contributed by atoms with Crippen LogP contribution >= 0.6 is 0 Å². The minimum atomic E-state index is -0.663. The lowest BCUT2D eigenvalue weighted by atomic mass is 9.46. The zero-order valence-electron chi connectivity index (χ0n) is 9.91. The molecule has 0 aliphatic heterocycles. The molecule has 3 rings (SSSR count). The number of hydrogen-bond donors (Lipinski definition) is 2. The third-order valence-electron chi connectivity index (χ3n) is 6.06. The molecule has 0 amide bonds. The number of rotatable bonds is 3. The highest BCUT2D eigenvalue weighted by molar-refractivity contribution is 5.68. The highest BCUT2D eigenvalue weighted by Crippen LogP contribution is 2.75. The summed E-state index contributed by atoms with van der Waals surface area (Å²) in [6.45, 7) is 2.97. The molecule has 0 aromatic heterocycles. The van der Waals surface area contributed by atoms with Crippen LogP contribution in [0, 0.1) is 28.6 Å². The second kappa shape index (κ2) is 3.00. The molecule has 0 heterocycles. The van der Waals surface area contributed by atoms with Crippen molar-refractivity contribution >= 4 is 5.97 Å². The lowest BCUT2D eigenvalue weighted by molar-refractivity contribution is -0.156. The quantitative estimate of drug-likeness (QED) is 0.767. The van der Waals surface area contributed by atoms with Crippen molar-refractivity contribution in [1.29, 1.82) is 0 Å². The first kappa shape index (κ1) is 10.6. The summed E-state index contributed by atoms with van der Waals surface area (Å²) >= 11 is 0. The maximum Gasteiger partial charge on any atom is 0.303 e. The predicted octanol–water partition coefficient (Wildman–Crippen LogP) is 1.86. The fourth-order valence-electron chi connectivity index (χ4n) is 5.40. The van der Waals surface area contributed by atoms with Crippen LogP contribution in [-0.2, 0) is 4.79 Å². The Bertz CT molecular complexity index is 323. The SMILES string of the molecule is CC12CC[C@@H]3C1[C@H](CC2)C3(CN)CC(=O)O. The van der Waals surface area contributed by atoms with Crippen molar-refractivity contribution in [2.45, 2.75) is 39.0 Å². The molecule has 0 aromatic carbocycles. The Balaban J connectivity index is 1.91. The van der Waals surface area contributed by atoms with Crippen LogP contribution in [0.4, 0.5) is 0 Å². The topological polar surface area (TPSA) is 63.3 Å². The van der Waals surface area contributed by atoms with Gasteiger partial charge in [-0.05, 0) is 60.8 Å². The van der Waals surface area contributed by atoms with Crippen LogP contribution in [0.2, 0.25) is 0 Å². The van der Waals surface area contributed by atoms with E-state index < -0.39 is 5.97 Å². The summed E-state index contributed by atoms with van der Waals surface area (Å²) in [7, 11) is 0. The zero-order valence-corrected chi connectivity index (χ0v) is 9.91. The summed E-state index contributed by atoms with van der Waals surface area (Å²) in [4.78, 5) is 11.1. The van der Waals surface area contributed by atoms with E-state index in [1.807, 2.05) is 0 Å². The number of nitrogens with two attached hydrogens (primary N) is 1. The Morgan fingerprint density at radius 1 is 1.38 bits per heavy atom. The second-order valence-electron chi connectivity index (χ2n) is 6.48. The minimum absolute atomic E-state index is 0.0508. The first-order chi connectivity index (χ1) is 7.53. The van der Waals surface area contributed by atoms with Crippen LogP contribution in [0.5, 0.6) is 0 Å². The number of carbonyl (C=O) groups is 1. The maximum atomic E-state index is 11.1. The fourth-order valence-corrected chi connectivity index (χ4v) is 5.40. The van der Waals surface area contributed by atoms with Gasteiger partial charge in [0.2, 0.25) is 0 Å². The lowest BCUT2D eigenvalue weighted by Crippen LogP contribution is -2.59. The summed E-state index contributed by atoms with van der Waals surface area (Å²) < 4.78 is 0. The first-order valence-electron chi connectivity index (χ1n) is 6.45. The predicted molar refractivity (Wildman–Crippen MR) is 60.8 cm³/mol. The molecule has 3 nitrogen and oxygen atoms in total. The standard InChI is InChI=1S/C13H21NO2/c1-12-4-2-8-11(12)9(3-5-12)13(8,7-14)6-10(15)16/h8-9,11H,2-7,14H2,1H3,(H,15,16)/t8-,9+,11?,12?,13?. The molecule has 0 bridgehead atoms. The van der Waals surface area contributed by atoms with Crippen LogP contribution in [0.25, 0.3) is 0 Å². The van der Waals surface area contributed by atoms with E-state index >= 15 is 0 Å². The van der Waals surface area contributed by atoms with Crippen molar-refractivity contribution < 1.29 is 9.90 Å². The van der Waals surface area contributed by atoms with Crippen molar-refractivity contribution in [3.05, 3.63) is 0 Å². The van der Waals surface area contributed by atoms with Crippen molar-refractivity contribution in [3.8, 4) is 0 Å². The normalized spacial score (nSPS) is 53.5. The molecule has 90 valence electrons. The number of aliphatic carboxylic acids is 1. The second-order valence-corrected chi connectivity index (χ2v) is 6.48. The molecule has 16 heavy (non-hydrogen) atoms. The summed E-state index contributed by atoms with van der Waals surface area (Å²) in [5.74, 6) is 1.33. The van der Waals surface area contributed by atoms with Gasteiger partial charge in [0.05, 0.1) is 6.42 Å². The molecule has 3 unspecified atom stereocenters. The largest absolute Gasteiger partial charge is 0.481 e. The van der Waals surface area contributed by atoms with Gasteiger partial charge in [-0.3, -0.25) is 4.79 Å². The van der Waals surface area contributed by atoms with Gasteiger partial charge in [0.1, 0.15) is 0 Å². The molecule has 3 aliphatic rings. The van der Waals surface area contributed by atoms with Crippen LogP contribution in [0.15, 0.2) is 0 Å². The van der Waals surface area contributed by atoms with E-state index in [4.69, 9.17) is 10.8 Å². The number of carboxylic acid groups (broad SMARTS) is 1. The third kappa shape index (κ3) is 1.01. The van der Waals surface area contributed by atoms with Gasteiger partial charge in [0, 0.05) is 0 Å². The van der Waals surface area contributed by atoms with E-state index in [1.54, 1.807) is 0 Å². The first-order valence-corrected chi connectivity index (χ1v) is 6.45. The highest BCUT2D eigenvalue weighted by atomic mass is 16.4. The van der Waals surface area contributed by atoms with Gasteiger partial charge < -0.3 is 10.8 Å². The van der Waals surface area contributed by atoms with E-state index in [0.717, 1.165) is 5.92 Å². The summed E-state index contributed by atoms with van der Waals surface area (Å²) in [5, 5.41) is 9.10. The molecular formula is C13H21NO2. The van der Waals surface area contributed by atoms with Gasteiger partial charge in [-0.15, -0.1) is 0 Å². The summed E-state index contributed by atoms with van der Waals surface area (Å²) in [6, 6.07) is 0.